The number of H-pyrrole nitrogens is 1. The number of carbonyl (C=O) groups excluding carboxylic acids is 1. The van der Waals surface area contributed by atoms with E-state index in [1.54, 1.807) is 31.9 Å². The zero-order valence-electron chi connectivity index (χ0n) is 18.2. The smallest absolute Gasteiger partial charge is 0.248 e. The number of aromatic amines is 1. The van der Waals surface area contributed by atoms with Crippen molar-refractivity contribution in [2.75, 3.05) is 33.1 Å². The van der Waals surface area contributed by atoms with Crippen LogP contribution in [0.3, 0.4) is 0 Å². The molecule has 0 aromatic carbocycles. The Bertz CT molecular complexity index is 1280. The molecule has 4 rings (SSSR count). The van der Waals surface area contributed by atoms with Gasteiger partial charge in [-0.2, -0.15) is 0 Å². The number of methoxy groups -OCH3 is 1. The molecule has 0 bridgehead atoms. The van der Waals surface area contributed by atoms with Gasteiger partial charge in [-0.25, -0.2) is 9.97 Å². The minimum atomic E-state index is -0.195. The molecule has 1 amide bonds. The highest BCUT2D eigenvalue weighted by Gasteiger charge is 2.11. The van der Waals surface area contributed by atoms with E-state index in [0.717, 1.165) is 33.3 Å². The molecule has 0 radical (unpaired) electrons. The van der Waals surface area contributed by atoms with Gasteiger partial charge in [0.2, 0.25) is 11.8 Å². The summed E-state index contributed by atoms with van der Waals surface area (Å²) in [5, 5.41) is 3.82. The number of nitrogens with zero attached hydrogens (tertiary/aromatic N) is 4. The number of amides is 1. The number of rotatable bonds is 7. The van der Waals surface area contributed by atoms with Crippen molar-refractivity contribution in [3.05, 3.63) is 67.4 Å². The molecule has 0 atom stereocenters. The molecule has 0 aliphatic heterocycles. The normalized spacial score (nSPS) is 11.4. The number of hydrogen-bond acceptors (Lipinski definition) is 6. The topological polar surface area (TPSA) is 96.0 Å². The quantitative estimate of drug-likeness (QED) is 0.435. The molecule has 0 spiro atoms. The van der Waals surface area contributed by atoms with Crippen molar-refractivity contribution < 1.29 is 9.53 Å². The number of anilines is 1. The van der Waals surface area contributed by atoms with E-state index in [0.29, 0.717) is 18.1 Å². The summed E-state index contributed by atoms with van der Waals surface area (Å²) in [5.41, 5.74) is 5.13. The van der Waals surface area contributed by atoms with Crippen LogP contribution in [-0.4, -0.2) is 58.5 Å². The second-order valence-electron chi connectivity index (χ2n) is 7.53. The molecule has 0 aliphatic carbocycles. The van der Waals surface area contributed by atoms with Crippen LogP contribution in [0.1, 0.15) is 0 Å². The Hall–Kier alpha value is -4.04. The summed E-state index contributed by atoms with van der Waals surface area (Å²) in [6.07, 6.45) is 12.1. The summed E-state index contributed by atoms with van der Waals surface area (Å²) in [6, 6.07) is 7.76. The molecule has 4 heterocycles. The third kappa shape index (κ3) is 4.81. The summed E-state index contributed by atoms with van der Waals surface area (Å²) >= 11 is 0. The molecule has 2 N–H and O–H groups in total. The van der Waals surface area contributed by atoms with Gasteiger partial charge in [0, 0.05) is 65.6 Å². The molecule has 0 unspecified atom stereocenters. The first kappa shape index (κ1) is 21.2. The van der Waals surface area contributed by atoms with Gasteiger partial charge in [-0.1, -0.05) is 6.08 Å². The summed E-state index contributed by atoms with van der Waals surface area (Å²) < 4.78 is 5.25. The number of likely N-dealkylation sites (N-methyl/N-ethyl adjacent to an activating group) is 1. The predicted octanol–water partition coefficient (Wildman–Crippen LogP) is 3.75. The lowest BCUT2D eigenvalue weighted by Crippen LogP contribution is -2.13. The number of hydrogen-bond donors (Lipinski definition) is 2. The average Bonchev–Trinajstić information content (AvgIpc) is 3.22. The second kappa shape index (κ2) is 9.40. The van der Waals surface area contributed by atoms with Crippen molar-refractivity contribution in [1.29, 1.82) is 0 Å². The zero-order chi connectivity index (χ0) is 22.5. The second-order valence-corrected chi connectivity index (χ2v) is 7.53. The highest BCUT2D eigenvalue weighted by molar-refractivity contribution is 6.00. The maximum Gasteiger partial charge on any atom is 0.248 e. The minimum absolute atomic E-state index is 0.195. The lowest BCUT2D eigenvalue weighted by atomic mass is 10.0. The van der Waals surface area contributed by atoms with E-state index in [9.17, 15) is 4.79 Å². The van der Waals surface area contributed by atoms with Gasteiger partial charge in [0.05, 0.1) is 19.0 Å². The first-order chi connectivity index (χ1) is 15.5. The maximum absolute atomic E-state index is 12.2. The van der Waals surface area contributed by atoms with E-state index in [-0.39, 0.29) is 5.91 Å². The van der Waals surface area contributed by atoms with Crippen LogP contribution in [0.4, 0.5) is 5.69 Å². The molecule has 0 saturated carbocycles. The Morgan fingerprint density at radius 1 is 1.12 bits per heavy atom. The van der Waals surface area contributed by atoms with Crippen LogP contribution in [0.5, 0.6) is 5.88 Å². The van der Waals surface area contributed by atoms with Crippen molar-refractivity contribution in [1.82, 2.24) is 24.8 Å². The zero-order valence-corrected chi connectivity index (χ0v) is 18.2. The summed E-state index contributed by atoms with van der Waals surface area (Å²) in [7, 11) is 5.49. The average molecular weight is 428 g/mol. The van der Waals surface area contributed by atoms with E-state index in [1.807, 2.05) is 49.5 Å². The number of pyridine rings is 3. The van der Waals surface area contributed by atoms with Gasteiger partial charge in [-0.3, -0.25) is 9.78 Å². The fraction of sp³-hybridized carbons (Fsp3) is 0.167. The Morgan fingerprint density at radius 3 is 2.78 bits per heavy atom. The third-order valence-electron chi connectivity index (χ3n) is 4.86. The van der Waals surface area contributed by atoms with Crippen molar-refractivity contribution in [2.45, 2.75) is 0 Å². The van der Waals surface area contributed by atoms with Gasteiger partial charge < -0.3 is 19.9 Å². The van der Waals surface area contributed by atoms with Gasteiger partial charge in [0.25, 0.3) is 0 Å². The molecule has 32 heavy (non-hydrogen) atoms. The Morgan fingerprint density at radius 2 is 1.97 bits per heavy atom. The summed E-state index contributed by atoms with van der Waals surface area (Å²) in [6.45, 7) is 0.694. The summed E-state index contributed by atoms with van der Waals surface area (Å²) in [5.74, 6) is 0.354. The van der Waals surface area contributed by atoms with E-state index in [1.165, 1.54) is 6.08 Å². The Labute approximate surface area is 186 Å². The highest BCUT2D eigenvalue weighted by atomic mass is 16.5. The SMILES string of the molecule is COc1cc(-c2c[nH]c3ncc(-c4cncc(NC(=O)/C=C/CN(C)C)c4)cc23)ccn1. The predicted molar refractivity (Wildman–Crippen MR) is 125 cm³/mol. The van der Waals surface area contributed by atoms with Crippen molar-refractivity contribution in [3.63, 3.8) is 0 Å². The number of nitrogens with one attached hydrogen (secondary N) is 2. The largest absolute Gasteiger partial charge is 0.481 e. The van der Waals surface area contributed by atoms with Gasteiger partial charge in [-0.05, 0) is 37.9 Å². The molecular weight excluding hydrogens is 404 g/mol. The van der Waals surface area contributed by atoms with Crippen LogP contribution in [0.25, 0.3) is 33.3 Å². The van der Waals surface area contributed by atoms with Crippen molar-refractivity contribution in [2.24, 2.45) is 0 Å². The molecule has 4 aromatic heterocycles. The van der Waals surface area contributed by atoms with Crippen LogP contribution in [0, 0.1) is 0 Å². The Balaban J connectivity index is 1.62. The molecule has 8 heteroatoms. The fourth-order valence-electron chi connectivity index (χ4n) is 3.31. The molecule has 4 aromatic rings. The third-order valence-corrected chi connectivity index (χ3v) is 4.86. The van der Waals surface area contributed by atoms with Gasteiger partial charge in [0.15, 0.2) is 0 Å². The molecule has 162 valence electrons. The van der Waals surface area contributed by atoms with E-state index >= 15 is 0 Å². The van der Waals surface area contributed by atoms with Gasteiger partial charge >= 0.3 is 0 Å². The highest BCUT2D eigenvalue weighted by Crippen LogP contribution is 2.32. The van der Waals surface area contributed by atoms with Crippen LogP contribution in [0.15, 0.2) is 67.4 Å². The Kier molecular flexibility index (Phi) is 6.23. The summed E-state index contributed by atoms with van der Waals surface area (Å²) in [4.78, 5) is 30.4. The standard InChI is InChI=1S/C24H24N6O2/c1-30(2)8-4-5-22(31)29-19-9-17(12-25-14-19)18-10-20-21(15-28-24(20)27-13-18)16-6-7-26-23(11-16)32-3/h4-7,9-15H,8H2,1-3H3,(H,27,28)(H,29,31)/b5-4+. The monoisotopic (exact) mass is 428 g/mol. The van der Waals surface area contributed by atoms with Crippen LogP contribution in [-0.2, 0) is 4.79 Å². The number of ether oxygens (including phenoxy) is 1. The van der Waals surface area contributed by atoms with Crippen molar-refractivity contribution >= 4 is 22.6 Å². The first-order valence-electron chi connectivity index (χ1n) is 10.1. The molecule has 0 aliphatic rings. The number of aromatic nitrogens is 4. The van der Waals surface area contributed by atoms with Crippen LogP contribution < -0.4 is 10.1 Å². The van der Waals surface area contributed by atoms with Gasteiger partial charge in [-0.15, -0.1) is 0 Å². The number of fused-ring (bicyclic) bond motifs is 1. The lowest BCUT2D eigenvalue weighted by molar-refractivity contribution is -0.111. The fourth-order valence-corrected chi connectivity index (χ4v) is 3.31. The number of carbonyl (C=O) groups is 1. The molecule has 8 nitrogen and oxygen atoms in total. The minimum Gasteiger partial charge on any atom is -0.481 e. The maximum atomic E-state index is 12.2. The van der Waals surface area contributed by atoms with Crippen molar-refractivity contribution in [3.8, 4) is 28.1 Å². The lowest BCUT2D eigenvalue weighted by Gasteiger charge is -2.07. The molecule has 0 saturated heterocycles. The van der Waals surface area contributed by atoms with Gasteiger partial charge in [0.1, 0.15) is 5.65 Å². The molecule has 0 fully saturated rings. The molecular formula is C24H24N6O2. The van der Waals surface area contributed by atoms with Crippen LogP contribution >= 0.6 is 0 Å². The first-order valence-corrected chi connectivity index (χ1v) is 10.1. The van der Waals surface area contributed by atoms with Crippen LogP contribution in [0.2, 0.25) is 0 Å². The van der Waals surface area contributed by atoms with E-state index in [2.05, 4.69) is 31.3 Å². The van der Waals surface area contributed by atoms with E-state index < -0.39 is 0 Å². The van der Waals surface area contributed by atoms with E-state index in [4.69, 9.17) is 4.74 Å².